The van der Waals surface area contributed by atoms with Crippen LogP contribution in [0.2, 0.25) is 0 Å². The molecule has 1 atom stereocenters. The van der Waals surface area contributed by atoms with E-state index in [0.717, 1.165) is 16.5 Å². The number of aliphatic hydroxyl groups is 1. The fourth-order valence-corrected chi connectivity index (χ4v) is 2.91. The lowest BCUT2D eigenvalue weighted by atomic mass is 9.83. The number of Topliss-reactive ketones (excluding diaryl/α,β-unsaturated/α-hetero) is 1. The van der Waals surface area contributed by atoms with E-state index in [9.17, 15) is 4.79 Å². The zero-order chi connectivity index (χ0) is 18.7. The summed E-state index contributed by atoms with van der Waals surface area (Å²) in [7, 11) is 4.67. The Kier molecular flexibility index (Phi) is 4.04. The van der Waals surface area contributed by atoms with Gasteiger partial charge >= 0.3 is 0 Å². The van der Waals surface area contributed by atoms with E-state index >= 15 is 0 Å². The van der Waals surface area contributed by atoms with Gasteiger partial charge in [0, 0.05) is 18.1 Å². The van der Waals surface area contributed by atoms with E-state index in [1.165, 1.54) is 14.2 Å². The van der Waals surface area contributed by atoms with Crippen molar-refractivity contribution in [3.05, 3.63) is 54.0 Å². The minimum absolute atomic E-state index is 0.0384. The van der Waals surface area contributed by atoms with Crippen LogP contribution in [0.1, 0.15) is 0 Å². The highest BCUT2D eigenvalue weighted by atomic mass is 16.5. The van der Waals surface area contributed by atoms with Gasteiger partial charge < -0.3 is 19.5 Å². The Bertz CT molecular complexity index is 938. The number of rotatable bonds is 5. The second-order valence-corrected chi connectivity index (χ2v) is 5.73. The van der Waals surface area contributed by atoms with Crippen molar-refractivity contribution in [1.82, 2.24) is 0 Å². The number of ether oxygens (including phenoxy) is 2. The van der Waals surface area contributed by atoms with Crippen molar-refractivity contribution in [3.8, 4) is 11.8 Å². The molecule has 3 rings (SSSR count). The molecular formula is C20H19NO4. The van der Waals surface area contributed by atoms with Crippen LogP contribution in [0.4, 0.5) is 5.69 Å². The Morgan fingerprint density at radius 2 is 1.96 bits per heavy atom. The van der Waals surface area contributed by atoms with Gasteiger partial charge in [-0.25, -0.2) is 0 Å². The van der Waals surface area contributed by atoms with E-state index in [4.69, 9.17) is 10.9 Å². The van der Waals surface area contributed by atoms with Gasteiger partial charge in [-0.1, -0.05) is 42.3 Å². The highest BCUT2D eigenvalue weighted by Crippen LogP contribution is 2.35. The van der Waals surface area contributed by atoms with Crippen LogP contribution >= 0.6 is 0 Å². The highest BCUT2D eigenvalue weighted by Gasteiger charge is 2.55. The topological polar surface area (TPSA) is 59.0 Å². The molecule has 2 aromatic carbocycles. The molecule has 0 spiro atoms. The molecule has 0 bridgehead atoms. The number of carbonyl (C=O) groups is 1. The summed E-state index contributed by atoms with van der Waals surface area (Å²) in [6.45, 7) is 0.353. The maximum Gasteiger partial charge on any atom is 0.254 e. The summed E-state index contributed by atoms with van der Waals surface area (Å²) >= 11 is 0. The predicted octanol–water partition coefficient (Wildman–Crippen LogP) is 2.10. The van der Waals surface area contributed by atoms with Crippen molar-refractivity contribution in [2.75, 3.05) is 32.7 Å². The third-order valence-electron chi connectivity index (χ3n) is 4.22. The van der Waals surface area contributed by atoms with Crippen molar-refractivity contribution >= 4 is 22.2 Å². The molecule has 1 N–H and O–H groups in total. The summed E-state index contributed by atoms with van der Waals surface area (Å²) in [6, 6.07) is 14.1. The average molecular weight is 338 g/mol. The maximum absolute atomic E-state index is 12.2. The monoisotopic (exact) mass is 338 g/mol. The fourth-order valence-electron chi connectivity index (χ4n) is 2.91. The SMILES string of the molecule is [2H]OC1(C#CCN(C)c2cccc3ccccc23)C(=O)C(OC)=C1OC. The van der Waals surface area contributed by atoms with Crippen LogP contribution in [0.15, 0.2) is 54.0 Å². The zero-order valence-electron chi connectivity index (χ0n) is 15.3. The van der Waals surface area contributed by atoms with Crippen LogP contribution in [0.5, 0.6) is 0 Å². The number of nitrogens with zero attached hydrogens (tertiary/aromatic N) is 1. The van der Waals surface area contributed by atoms with Crippen molar-refractivity contribution in [1.29, 1.82) is 1.43 Å². The molecule has 5 nitrogen and oxygen atoms in total. The van der Waals surface area contributed by atoms with Crippen molar-refractivity contribution in [2.24, 2.45) is 0 Å². The lowest BCUT2D eigenvalue weighted by molar-refractivity contribution is -0.138. The molecule has 0 radical (unpaired) electrons. The summed E-state index contributed by atoms with van der Waals surface area (Å²) in [6.07, 6.45) is 0. The smallest absolute Gasteiger partial charge is 0.254 e. The molecule has 1 aliphatic carbocycles. The molecule has 0 heterocycles. The van der Waals surface area contributed by atoms with Crippen LogP contribution in [-0.4, -0.2) is 45.7 Å². The highest BCUT2D eigenvalue weighted by molar-refractivity contribution is 6.12. The maximum atomic E-state index is 12.2. The Balaban J connectivity index is 1.85. The fraction of sp³-hybridized carbons (Fsp3) is 0.250. The van der Waals surface area contributed by atoms with Crippen molar-refractivity contribution < 1.29 is 19.4 Å². The third kappa shape index (κ3) is 2.71. The Labute approximate surface area is 148 Å². The number of hydrogen-bond acceptors (Lipinski definition) is 5. The van der Waals surface area contributed by atoms with Gasteiger partial charge in [0.05, 0.1) is 20.8 Å². The van der Waals surface area contributed by atoms with E-state index in [1.807, 2.05) is 36.2 Å². The molecule has 0 aromatic heterocycles. The molecule has 25 heavy (non-hydrogen) atoms. The van der Waals surface area contributed by atoms with Crippen LogP contribution in [0.3, 0.4) is 0 Å². The molecule has 5 heteroatoms. The van der Waals surface area contributed by atoms with E-state index in [2.05, 4.69) is 35.1 Å². The zero-order valence-corrected chi connectivity index (χ0v) is 14.3. The number of fused-ring (bicyclic) bond motifs is 1. The van der Waals surface area contributed by atoms with Gasteiger partial charge in [0.25, 0.3) is 11.4 Å². The Hall–Kier alpha value is -2.97. The molecule has 1 unspecified atom stereocenters. The van der Waals surface area contributed by atoms with Gasteiger partial charge in [-0.3, -0.25) is 4.79 Å². The van der Waals surface area contributed by atoms with E-state index in [-0.39, 0.29) is 11.5 Å². The first-order chi connectivity index (χ1) is 12.6. The molecular weight excluding hydrogens is 318 g/mol. The Morgan fingerprint density at radius 3 is 2.68 bits per heavy atom. The van der Waals surface area contributed by atoms with Crippen molar-refractivity contribution in [2.45, 2.75) is 5.60 Å². The summed E-state index contributed by atoms with van der Waals surface area (Å²) < 4.78 is 17.4. The summed E-state index contributed by atoms with van der Waals surface area (Å²) in [4.78, 5) is 14.2. The minimum atomic E-state index is -1.71. The number of ketones is 1. The molecule has 0 amide bonds. The summed E-state index contributed by atoms with van der Waals surface area (Å²) in [5.74, 6) is 5.31. The third-order valence-corrected chi connectivity index (χ3v) is 4.22. The second kappa shape index (κ2) is 6.50. The first-order valence-corrected chi connectivity index (χ1v) is 7.79. The summed E-state index contributed by atoms with van der Waals surface area (Å²) in [5, 5.41) is 6.88. The second-order valence-electron chi connectivity index (χ2n) is 5.73. The normalized spacial score (nSPS) is 19.6. The van der Waals surface area contributed by atoms with Gasteiger partial charge in [0.15, 0.2) is 5.76 Å². The van der Waals surface area contributed by atoms with Gasteiger partial charge in [-0.15, -0.1) is 0 Å². The number of anilines is 1. The van der Waals surface area contributed by atoms with E-state index < -0.39 is 11.4 Å². The molecule has 1 aliphatic rings. The molecule has 0 aliphatic heterocycles. The number of hydrogen-bond donors (Lipinski definition) is 1. The average Bonchev–Trinajstić information content (AvgIpc) is 2.68. The van der Waals surface area contributed by atoms with Crippen LogP contribution < -0.4 is 4.90 Å². The largest absolute Gasteiger partial charge is 0.493 e. The summed E-state index contributed by atoms with van der Waals surface area (Å²) in [5.41, 5.74) is -0.682. The lowest BCUT2D eigenvalue weighted by Gasteiger charge is -2.32. The number of carbonyl (C=O) groups excluding carboxylic acids is 1. The molecule has 0 saturated carbocycles. The van der Waals surface area contributed by atoms with E-state index in [1.54, 1.807) is 0 Å². The molecule has 0 saturated heterocycles. The number of methoxy groups -OCH3 is 2. The first-order valence-electron chi connectivity index (χ1n) is 8.20. The quantitative estimate of drug-likeness (QED) is 0.846. The van der Waals surface area contributed by atoms with Gasteiger partial charge in [-0.2, -0.15) is 0 Å². The van der Waals surface area contributed by atoms with Crippen LogP contribution in [0.25, 0.3) is 10.8 Å². The standard InChI is InChI=1S/C20H19NO4/c1-21(16-11-6-9-14-8-4-5-10-15(14)16)13-7-12-20(23)18(22)17(24-2)19(20)25-3/h4-6,8-11,23H,13H2,1-3H3/i23D. The van der Waals surface area contributed by atoms with Gasteiger partial charge in [-0.05, 0) is 17.4 Å². The van der Waals surface area contributed by atoms with Crippen molar-refractivity contribution in [3.63, 3.8) is 0 Å². The van der Waals surface area contributed by atoms with Gasteiger partial charge in [0.2, 0.25) is 7.19 Å². The molecule has 2 aromatic rings. The van der Waals surface area contributed by atoms with Crippen LogP contribution in [-0.2, 0) is 14.3 Å². The lowest BCUT2D eigenvalue weighted by Crippen LogP contribution is -2.51. The Morgan fingerprint density at radius 1 is 1.20 bits per heavy atom. The van der Waals surface area contributed by atoms with Gasteiger partial charge in [0.1, 0.15) is 0 Å². The minimum Gasteiger partial charge on any atom is -0.493 e. The predicted molar refractivity (Wildman–Crippen MR) is 96.0 cm³/mol. The first kappa shape index (κ1) is 15.6. The number of benzene rings is 2. The van der Waals surface area contributed by atoms with Crippen LogP contribution in [0, 0.1) is 11.8 Å². The molecule has 0 fully saturated rings. The molecule has 128 valence electrons. The van der Waals surface area contributed by atoms with E-state index in [0.29, 0.717) is 6.54 Å².